The van der Waals surface area contributed by atoms with Gasteiger partial charge >= 0.3 is 0 Å². The lowest BCUT2D eigenvalue weighted by Crippen LogP contribution is -2.17. The maximum atomic E-state index is 12.1. The molecular weight excluding hydrogens is 332 g/mol. The summed E-state index contributed by atoms with van der Waals surface area (Å²) in [5, 5.41) is 3.23. The largest absolute Gasteiger partial charge is 0.342 e. The SMILES string of the molecule is CCCn1cc(Cl)cc1C(=O)Nc1cnc(Br)cn1. The summed E-state index contributed by atoms with van der Waals surface area (Å²) < 4.78 is 2.44. The van der Waals surface area contributed by atoms with Gasteiger partial charge in [-0.05, 0) is 28.4 Å². The van der Waals surface area contributed by atoms with Gasteiger partial charge in [-0.15, -0.1) is 0 Å². The Morgan fingerprint density at radius 1 is 1.47 bits per heavy atom. The van der Waals surface area contributed by atoms with E-state index in [1.807, 2.05) is 11.5 Å². The van der Waals surface area contributed by atoms with E-state index < -0.39 is 0 Å². The van der Waals surface area contributed by atoms with Crippen LogP contribution < -0.4 is 5.32 Å². The van der Waals surface area contributed by atoms with Gasteiger partial charge in [0, 0.05) is 12.7 Å². The number of rotatable bonds is 4. The zero-order valence-electron chi connectivity index (χ0n) is 10.2. The summed E-state index contributed by atoms with van der Waals surface area (Å²) in [5.74, 6) is 0.144. The number of hydrogen-bond acceptors (Lipinski definition) is 3. The van der Waals surface area contributed by atoms with Gasteiger partial charge < -0.3 is 9.88 Å². The number of halogens is 2. The van der Waals surface area contributed by atoms with Crippen molar-refractivity contribution < 1.29 is 4.79 Å². The fraction of sp³-hybridized carbons (Fsp3) is 0.250. The van der Waals surface area contributed by atoms with Gasteiger partial charge in [0.2, 0.25) is 0 Å². The summed E-state index contributed by atoms with van der Waals surface area (Å²) in [6.45, 7) is 2.78. The lowest BCUT2D eigenvalue weighted by molar-refractivity contribution is 0.101. The first-order valence-electron chi connectivity index (χ1n) is 5.74. The molecule has 2 aromatic heterocycles. The van der Waals surface area contributed by atoms with Crippen LogP contribution in [0.4, 0.5) is 5.82 Å². The molecule has 19 heavy (non-hydrogen) atoms. The van der Waals surface area contributed by atoms with Gasteiger partial charge in [-0.1, -0.05) is 18.5 Å². The lowest BCUT2D eigenvalue weighted by Gasteiger charge is -2.07. The molecule has 0 aliphatic heterocycles. The smallest absolute Gasteiger partial charge is 0.273 e. The van der Waals surface area contributed by atoms with Gasteiger partial charge in [-0.3, -0.25) is 4.79 Å². The second kappa shape index (κ2) is 6.16. The molecule has 0 spiro atoms. The van der Waals surface area contributed by atoms with Crippen molar-refractivity contribution in [2.75, 3.05) is 5.32 Å². The van der Waals surface area contributed by atoms with Crippen LogP contribution in [0.2, 0.25) is 5.02 Å². The Kier molecular flexibility index (Phi) is 4.55. The molecule has 0 bridgehead atoms. The Balaban J connectivity index is 2.17. The van der Waals surface area contributed by atoms with Crippen molar-refractivity contribution in [3.05, 3.63) is 40.0 Å². The first-order valence-corrected chi connectivity index (χ1v) is 6.92. The highest BCUT2D eigenvalue weighted by molar-refractivity contribution is 9.10. The molecule has 1 N–H and O–H groups in total. The Hall–Kier alpha value is -1.40. The maximum Gasteiger partial charge on any atom is 0.273 e. The summed E-state index contributed by atoms with van der Waals surface area (Å²) in [6.07, 6.45) is 5.67. The van der Waals surface area contributed by atoms with E-state index in [9.17, 15) is 4.79 Å². The molecule has 1 amide bonds. The Labute approximate surface area is 124 Å². The number of anilines is 1. The molecule has 2 heterocycles. The van der Waals surface area contributed by atoms with Gasteiger partial charge in [0.25, 0.3) is 5.91 Å². The van der Waals surface area contributed by atoms with E-state index in [1.54, 1.807) is 12.3 Å². The quantitative estimate of drug-likeness (QED) is 0.926. The normalized spacial score (nSPS) is 10.5. The predicted molar refractivity (Wildman–Crippen MR) is 77.4 cm³/mol. The summed E-state index contributed by atoms with van der Waals surface area (Å²) in [7, 11) is 0. The monoisotopic (exact) mass is 342 g/mol. The van der Waals surface area contributed by atoms with Crippen molar-refractivity contribution >= 4 is 39.3 Å². The number of hydrogen-bond donors (Lipinski definition) is 1. The third-order valence-electron chi connectivity index (χ3n) is 2.42. The third kappa shape index (κ3) is 3.54. The standard InChI is InChI=1S/C12H12BrClN4O/c1-2-3-18-7-8(14)4-9(18)12(19)17-11-6-15-10(13)5-16-11/h4-7H,2-3H2,1H3,(H,16,17,19). The maximum absolute atomic E-state index is 12.1. The van der Waals surface area contributed by atoms with Gasteiger partial charge in [0.15, 0.2) is 5.82 Å². The van der Waals surface area contributed by atoms with E-state index in [1.165, 1.54) is 12.4 Å². The van der Waals surface area contributed by atoms with Crippen molar-refractivity contribution in [1.82, 2.24) is 14.5 Å². The zero-order chi connectivity index (χ0) is 13.8. The van der Waals surface area contributed by atoms with Crippen LogP contribution in [0, 0.1) is 0 Å². The minimum atomic E-state index is -0.253. The first kappa shape index (κ1) is 14.0. The van der Waals surface area contributed by atoms with E-state index >= 15 is 0 Å². The van der Waals surface area contributed by atoms with Crippen LogP contribution in [0.15, 0.2) is 29.3 Å². The molecule has 0 fully saturated rings. The number of carbonyl (C=O) groups excluding carboxylic acids is 1. The van der Waals surface area contributed by atoms with Gasteiger partial charge in [-0.25, -0.2) is 9.97 Å². The highest BCUT2D eigenvalue weighted by Gasteiger charge is 2.13. The molecule has 0 radical (unpaired) electrons. The van der Waals surface area contributed by atoms with Crippen LogP contribution in [0.5, 0.6) is 0 Å². The van der Waals surface area contributed by atoms with E-state index in [4.69, 9.17) is 11.6 Å². The van der Waals surface area contributed by atoms with E-state index in [0.29, 0.717) is 21.1 Å². The summed E-state index contributed by atoms with van der Waals surface area (Å²) in [6, 6.07) is 1.64. The van der Waals surface area contributed by atoms with Crippen LogP contribution in [-0.2, 0) is 6.54 Å². The van der Waals surface area contributed by atoms with E-state index in [2.05, 4.69) is 31.2 Å². The highest BCUT2D eigenvalue weighted by Crippen LogP contribution is 2.16. The molecule has 0 saturated carbocycles. The number of carbonyl (C=O) groups is 1. The molecule has 5 nitrogen and oxygen atoms in total. The number of aromatic nitrogens is 3. The second-order valence-corrected chi connectivity index (χ2v) is 5.16. The van der Waals surface area contributed by atoms with Gasteiger partial charge in [0.05, 0.1) is 17.4 Å². The molecule has 0 saturated heterocycles. The predicted octanol–water partition coefficient (Wildman–Crippen LogP) is 3.36. The molecule has 2 aromatic rings. The van der Waals surface area contributed by atoms with Crippen molar-refractivity contribution in [2.24, 2.45) is 0 Å². The van der Waals surface area contributed by atoms with Crippen LogP contribution in [-0.4, -0.2) is 20.4 Å². The number of amides is 1. The van der Waals surface area contributed by atoms with Crippen molar-refractivity contribution in [2.45, 2.75) is 19.9 Å². The fourth-order valence-electron chi connectivity index (χ4n) is 1.65. The zero-order valence-corrected chi connectivity index (χ0v) is 12.6. The summed E-state index contributed by atoms with van der Waals surface area (Å²) in [4.78, 5) is 20.2. The molecule has 2 rings (SSSR count). The molecule has 0 aromatic carbocycles. The van der Waals surface area contributed by atoms with Crippen molar-refractivity contribution in [1.29, 1.82) is 0 Å². The van der Waals surface area contributed by atoms with Crippen molar-refractivity contribution in [3.8, 4) is 0 Å². The molecule has 0 unspecified atom stereocenters. The number of nitrogens with zero attached hydrogens (tertiary/aromatic N) is 3. The van der Waals surface area contributed by atoms with E-state index in [-0.39, 0.29) is 5.91 Å². The van der Waals surface area contributed by atoms with Gasteiger partial charge in [0.1, 0.15) is 10.3 Å². The molecule has 0 aliphatic rings. The summed E-state index contributed by atoms with van der Waals surface area (Å²) >= 11 is 9.12. The molecule has 0 aliphatic carbocycles. The van der Waals surface area contributed by atoms with Gasteiger partial charge in [-0.2, -0.15) is 0 Å². The minimum Gasteiger partial charge on any atom is -0.342 e. The number of aryl methyl sites for hydroxylation is 1. The van der Waals surface area contributed by atoms with Crippen LogP contribution >= 0.6 is 27.5 Å². The Bertz CT molecular complexity index is 582. The van der Waals surface area contributed by atoms with Crippen molar-refractivity contribution in [3.63, 3.8) is 0 Å². The topological polar surface area (TPSA) is 59.8 Å². The average Bonchev–Trinajstić information content (AvgIpc) is 2.74. The molecule has 7 heteroatoms. The lowest BCUT2D eigenvalue weighted by atomic mass is 10.3. The number of nitrogens with one attached hydrogen (secondary N) is 1. The van der Waals surface area contributed by atoms with Crippen LogP contribution in [0.1, 0.15) is 23.8 Å². The Morgan fingerprint density at radius 2 is 2.26 bits per heavy atom. The molecule has 100 valence electrons. The minimum absolute atomic E-state index is 0.253. The third-order valence-corrected chi connectivity index (χ3v) is 3.04. The fourth-order valence-corrected chi connectivity index (χ4v) is 2.07. The second-order valence-electron chi connectivity index (χ2n) is 3.92. The molecular formula is C12H12BrClN4O. The molecule has 0 atom stereocenters. The van der Waals surface area contributed by atoms with Crippen LogP contribution in [0.3, 0.4) is 0 Å². The average molecular weight is 344 g/mol. The summed E-state index contributed by atoms with van der Waals surface area (Å²) in [5.41, 5.74) is 0.511. The highest BCUT2D eigenvalue weighted by atomic mass is 79.9. The first-order chi connectivity index (χ1) is 9.10. The van der Waals surface area contributed by atoms with E-state index in [0.717, 1.165) is 13.0 Å². The van der Waals surface area contributed by atoms with Crippen LogP contribution in [0.25, 0.3) is 0 Å². The Morgan fingerprint density at radius 3 is 2.89 bits per heavy atom.